The first kappa shape index (κ1) is 9.28. The molecule has 0 radical (unpaired) electrons. The Bertz CT molecular complexity index is 200. The summed E-state index contributed by atoms with van der Waals surface area (Å²) in [6.07, 6.45) is -2.29. The molecule has 0 aromatic heterocycles. The zero-order valence-corrected chi connectivity index (χ0v) is 5.99. The molecule has 0 saturated heterocycles. The fraction of sp³-hybridized carbons (Fsp3) is 0.833. The Hall–Kier alpha value is -0.810. The fourth-order valence-electron chi connectivity index (χ4n) is 1.19. The lowest BCUT2D eigenvalue weighted by atomic mass is 10.1. The van der Waals surface area contributed by atoms with Crippen molar-refractivity contribution in [1.29, 1.82) is 0 Å². The average Bonchev–Trinajstić information content (AvgIpc) is 2.03. The van der Waals surface area contributed by atoms with E-state index in [1.165, 1.54) is 0 Å². The van der Waals surface area contributed by atoms with E-state index in [0.29, 0.717) is 0 Å². The van der Waals surface area contributed by atoms with Gasteiger partial charge in [0.2, 0.25) is 5.91 Å². The maximum absolute atomic E-state index is 12.4. The quantitative estimate of drug-likeness (QED) is 0.612. The van der Waals surface area contributed by atoms with Crippen LogP contribution in [-0.2, 0) is 4.79 Å². The number of amides is 1. The van der Waals surface area contributed by atoms with Gasteiger partial charge in [0.25, 0.3) is 0 Å². The van der Waals surface area contributed by atoms with Gasteiger partial charge in [-0.3, -0.25) is 4.79 Å². The van der Waals surface area contributed by atoms with Crippen LogP contribution < -0.4 is 5.73 Å². The Labute approximate surface area is 65.7 Å². The van der Waals surface area contributed by atoms with Gasteiger partial charge in [-0.05, 0) is 0 Å². The SMILES string of the molecule is NC(=O)C1CC(F)(F)C(F)(F)C1. The second kappa shape index (κ2) is 2.34. The van der Waals surface area contributed by atoms with Crippen LogP contribution in [0.3, 0.4) is 0 Å². The minimum absolute atomic E-state index is 1.09. The third kappa shape index (κ3) is 1.25. The number of carbonyl (C=O) groups is 1. The standard InChI is InChI=1S/C6H7F4NO/c7-5(8)1-3(4(11)12)2-6(5,9)10/h3H,1-2H2,(H2,11,12). The molecule has 1 amide bonds. The summed E-state index contributed by atoms with van der Waals surface area (Å²) in [6, 6.07) is 0. The van der Waals surface area contributed by atoms with Gasteiger partial charge in [0, 0.05) is 18.8 Å². The highest BCUT2D eigenvalue weighted by Gasteiger charge is 2.64. The van der Waals surface area contributed by atoms with Crippen LogP contribution in [0, 0.1) is 5.92 Å². The zero-order chi connectivity index (χ0) is 9.57. The van der Waals surface area contributed by atoms with Crippen LogP contribution >= 0.6 is 0 Å². The molecule has 12 heavy (non-hydrogen) atoms. The van der Waals surface area contributed by atoms with Crippen molar-refractivity contribution in [2.45, 2.75) is 24.7 Å². The molecular weight excluding hydrogens is 178 g/mol. The van der Waals surface area contributed by atoms with Gasteiger partial charge in [-0.25, -0.2) is 0 Å². The van der Waals surface area contributed by atoms with Gasteiger partial charge in [-0.2, -0.15) is 17.6 Å². The van der Waals surface area contributed by atoms with Crippen molar-refractivity contribution in [3.8, 4) is 0 Å². The van der Waals surface area contributed by atoms with Crippen molar-refractivity contribution in [1.82, 2.24) is 0 Å². The molecule has 1 aliphatic carbocycles. The number of hydrogen-bond donors (Lipinski definition) is 1. The maximum Gasteiger partial charge on any atom is 0.311 e. The number of alkyl halides is 4. The Morgan fingerprint density at radius 3 is 1.67 bits per heavy atom. The largest absolute Gasteiger partial charge is 0.369 e. The van der Waals surface area contributed by atoms with Crippen molar-refractivity contribution in [2.75, 3.05) is 0 Å². The normalized spacial score (nSPS) is 27.3. The Kier molecular flexibility index (Phi) is 1.81. The van der Waals surface area contributed by atoms with E-state index >= 15 is 0 Å². The van der Waals surface area contributed by atoms with Crippen LogP contribution in [-0.4, -0.2) is 17.8 Å². The van der Waals surface area contributed by atoms with Gasteiger partial charge in [0.15, 0.2) is 0 Å². The van der Waals surface area contributed by atoms with Crippen LogP contribution in [0.25, 0.3) is 0 Å². The monoisotopic (exact) mass is 185 g/mol. The fourth-order valence-corrected chi connectivity index (χ4v) is 1.19. The number of nitrogens with two attached hydrogens (primary N) is 1. The first-order valence-electron chi connectivity index (χ1n) is 3.31. The number of hydrogen-bond acceptors (Lipinski definition) is 1. The summed E-state index contributed by atoms with van der Waals surface area (Å²) in [5, 5.41) is 0. The molecule has 0 spiro atoms. The van der Waals surface area contributed by atoms with Crippen molar-refractivity contribution in [3.63, 3.8) is 0 Å². The molecule has 0 aliphatic heterocycles. The Balaban J connectivity index is 2.81. The molecule has 1 fully saturated rings. The van der Waals surface area contributed by atoms with Crippen molar-refractivity contribution in [2.24, 2.45) is 11.7 Å². The van der Waals surface area contributed by atoms with Crippen LogP contribution in [0.15, 0.2) is 0 Å². The highest BCUT2D eigenvalue weighted by atomic mass is 19.3. The Morgan fingerprint density at radius 1 is 1.17 bits per heavy atom. The van der Waals surface area contributed by atoms with E-state index in [-0.39, 0.29) is 0 Å². The summed E-state index contributed by atoms with van der Waals surface area (Å²) < 4.78 is 49.5. The predicted molar refractivity (Wildman–Crippen MR) is 31.8 cm³/mol. The molecule has 2 nitrogen and oxygen atoms in total. The molecule has 0 unspecified atom stereocenters. The van der Waals surface area contributed by atoms with E-state index in [1.807, 2.05) is 0 Å². The third-order valence-corrected chi connectivity index (χ3v) is 1.94. The van der Waals surface area contributed by atoms with E-state index in [2.05, 4.69) is 5.73 Å². The first-order valence-corrected chi connectivity index (χ1v) is 3.31. The van der Waals surface area contributed by atoms with Crippen LogP contribution in [0.1, 0.15) is 12.8 Å². The van der Waals surface area contributed by atoms with E-state index in [4.69, 9.17) is 0 Å². The van der Waals surface area contributed by atoms with E-state index in [1.54, 1.807) is 0 Å². The van der Waals surface area contributed by atoms with E-state index < -0.39 is 36.5 Å². The number of halogens is 4. The predicted octanol–water partition coefficient (Wildman–Crippen LogP) is 1.15. The number of primary amides is 1. The van der Waals surface area contributed by atoms with Gasteiger partial charge >= 0.3 is 11.8 Å². The molecule has 2 N–H and O–H groups in total. The van der Waals surface area contributed by atoms with Crippen molar-refractivity contribution in [3.05, 3.63) is 0 Å². The second-order valence-corrected chi connectivity index (χ2v) is 2.92. The minimum Gasteiger partial charge on any atom is -0.369 e. The molecule has 70 valence electrons. The Morgan fingerprint density at radius 2 is 1.50 bits per heavy atom. The molecule has 6 heteroatoms. The van der Waals surface area contributed by atoms with Gasteiger partial charge in [-0.15, -0.1) is 0 Å². The van der Waals surface area contributed by atoms with E-state index in [0.717, 1.165) is 0 Å². The lowest BCUT2D eigenvalue weighted by Gasteiger charge is -2.16. The lowest BCUT2D eigenvalue weighted by molar-refractivity contribution is -0.185. The van der Waals surface area contributed by atoms with Gasteiger partial charge in [0.05, 0.1) is 0 Å². The molecular formula is C6H7F4NO. The molecule has 1 aliphatic rings. The van der Waals surface area contributed by atoms with Gasteiger partial charge in [-0.1, -0.05) is 0 Å². The number of carbonyl (C=O) groups excluding carboxylic acids is 1. The van der Waals surface area contributed by atoms with Crippen molar-refractivity contribution < 1.29 is 22.4 Å². The van der Waals surface area contributed by atoms with Gasteiger partial charge < -0.3 is 5.73 Å². The van der Waals surface area contributed by atoms with Crippen LogP contribution in [0.4, 0.5) is 17.6 Å². The second-order valence-electron chi connectivity index (χ2n) is 2.92. The zero-order valence-electron chi connectivity index (χ0n) is 5.99. The highest BCUT2D eigenvalue weighted by molar-refractivity contribution is 5.77. The summed E-state index contributed by atoms with van der Waals surface area (Å²) >= 11 is 0. The molecule has 0 atom stereocenters. The topological polar surface area (TPSA) is 43.1 Å². The summed E-state index contributed by atoms with van der Waals surface area (Å²) in [7, 11) is 0. The first-order chi connectivity index (χ1) is 5.26. The van der Waals surface area contributed by atoms with Gasteiger partial charge in [0.1, 0.15) is 0 Å². The molecule has 1 saturated carbocycles. The third-order valence-electron chi connectivity index (χ3n) is 1.94. The molecule has 0 heterocycles. The average molecular weight is 185 g/mol. The summed E-state index contributed by atoms with van der Waals surface area (Å²) in [4.78, 5) is 10.3. The summed E-state index contributed by atoms with van der Waals surface area (Å²) in [5.74, 6) is -10.7. The minimum atomic E-state index is -4.09. The molecule has 0 aromatic rings. The summed E-state index contributed by atoms with van der Waals surface area (Å²) in [6.45, 7) is 0. The summed E-state index contributed by atoms with van der Waals surface area (Å²) in [5.41, 5.74) is 4.63. The van der Waals surface area contributed by atoms with Crippen LogP contribution in [0.5, 0.6) is 0 Å². The highest BCUT2D eigenvalue weighted by Crippen LogP contribution is 2.50. The molecule has 1 rings (SSSR count). The smallest absolute Gasteiger partial charge is 0.311 e. The van der Waals surface area contributed by atoms with Crippen molar-refractivity contribution >= 4 is 5.91 Å². The lowest BCUT2D eigenvalue weighted by Crippen LogP contribution is -2.33. The number of rotatable bonds is 1. The molecule has 0 bridgehead atoms. The maximum atomic E-state index is 12.4. The van der Waals surface area contributed by atoms with E-state index in [9.17, 15) is 22.4 Å². The molecule has 0 aromatic carbocycles. The van der Waals surface area contributed by atoms with Crippen LogP contribution in [0.2, 0.25) is 0 Å².